The normalized spacial score (nSPS) is 8.07. The van der Waals surface area contributed by atoms with Gasteiger partial charge in [0.15, 0.2) is 0 Å². The molecule has 0 unspecified atom stereocenters. The fraction of sp³-hybridized carbons (Fsp3) is 0.0769. The summed E-state index contributed by atoms with van der Waals surface area (Å²) in [5.41, 5.74) is 1.09. The molecule has 1 nitrogen and oxygen atoms in total. The number of aryl methyl sites for hydroxylation is 1. The zero-order chi connectivity index (χ0) is 10.2. The zero-order valence-electron chi connectivity index (χ0n) is 8.60. The second-order valence-corrected chi connectivity index (χ2v) is 2.99. The van der Waals surface area contributed by atoms with E-state index in [2.05, 4.69) is 0 Å². The first-order chi connectivity index (χ1) is 6.79. The van der Waals surface area contributed by atoms with Gasteiger partial charge in [-0.25, -0.2) is 0 Å². The molecule has 0 saturated carbocycles. The van der Waals surface area contributed by atoms with E-state index in [1.54, 1.807) is 12.1 Å². The van der Waals surface area contributed by atoms with Gasteiger partial charge in [0, 0.05) is 0 Å². The lowest BCUT2D eigenvalue weighted by Gasteiger charge is -1.89. The van der Waals surface area contributed by atoms with Gasteiger partial charge in [0.2, 0.25) is 0 Å². The van der Waals surface area contributed by atoms with Crippen LogP contribution in [0.15, 0.2) is 60.7 Å². The Hall–Kier alpha value is -1.47. The molecule has 2 rings (SSSR count). The van der Waals surface area contributed by atoms with Crippen LogP contribution in [0.5, 0.6) is 5.75 Å². The number of phenolic OH excluding ortho intramolecular Hbond substituents is 1. The van der Waals surface area contributed by atoms with Crippen LogP contribution in [0, 0.1) is 6.92 Å². The van der Waals surface area contributed by atoms with E-state index in [1.165, 1.54) is 0 Å². The second kappa shape index (κ2) is 7.89. The van der Waals surface area contributed by atoms with E-state index in [-0.39, 0.29) is 12.4 Å². The van der Waals surface area contributed by atoms with Crippen LogP contribution < -0.4 is 12.4 Å². The first kappa shape index (κ1) is 13.5. The summed E-state index contributed by atoms with van der Waals surface area (Å²) in [4.78, 5) is 0. The number of hydrogen-bond acceptors (Lipinski definition) is 1. The molecule has 0 aromatic heterocycles. The van der Waals surface area contributed by atoms with Crippen molar-refractivity contribution >= 4 is 0 Å². The van der Waals surface area contributed by atoms with Gasteiger partial charge in [-0.2, -0.15) is 0 Å². The first-order valence-electron chi connectivity index (χ1n) is 4.54. The molecular weight excluding hydrogens is 208 g/mol. The minimum absolute atomic E-state index is 0. The van der Waals surface area contributed by atoms with Crippen LogP contribution in [0.1, 0.15) is 5.56 Å². The van der Waals surface area contributed by atoms with E-state index in [0.29, 0.717) is 5.75 Å². The Morgan fingerprint density at radius 1 is 0.800 bits per heavy atom. The van der Waals surface area contributed by atoms with E-state index in [0.717, 1.165) is 5.56 Å². The van der Waals surface area contributed by atoms with Crippen molar-refractivity contribution in [2.75, 3.05) is 0 Å². The zero-order valence-corrected chi connectivity index (χ0v) is 9.35. The highest BCUT2D eigenvalue weighted by molar-refractivity contribution is 5.25. The van der Waals surface area contributed by atoms with Crippen molar-refractivity contribution in [3.63, 3.8) is 0 Å². The summed E-state index contributed by atoms with van der Waals surface area (Å²) in [6.45, 7) is 1.94. The molecule has 2 aromatic rings. The van der Waals surface area contributed by atoms with Crippen molar-refractivity contribution in [2.24, 2.45) is 0 Å². The standard InChI is InChI=1S/C7H8O.C6H6.ClH/c1-6-3-2-4-7(8)5-6;1-2-4-6-5-3-1;/h2-5,8H,1H3;1-6H;1H/p-1. The van der Waals surface area contributed by atoms with Crippen LogP contribution in [0.2, 0.25) is 0 Å². The maximum absolute atomic E-state index is 8.81. The number of hydrogen-bond donors (Lipinski definition) is 1. The van der Waals surface area contributed by atoms with Crippen LogP contribution >= 0.6 is 0 Å². The van der Waals surface area contributed by atoms with E-state index >= 15 is 0 Å². The molecule has 0 saturated heterocycles. The Morgan fingerprint density at radius 2 is 1.27 bits per heavy atom. The van der Waals surface area contributed by atoms with Gasteiger partial charge in [-0.15, -0.1) is 0 Å². The molecular formula is C13H14ClO-. The Bertz CT molecular complexity index is 316. The second-order valence-electron chi connectivity index (χ2n) is 2.99. The molecule has 0 atom stereocenters. The predicted octanol–water partition coefficient (Wildman–Crippen LogP) is 0.391. The molecule has 1 N–H and O–H groups in total. The number of phenols is 1. The minimum atomic E-state index is 0. The molecule has 0 amide bonds. The third kappa shape index (κ3) is 6.58. The Kier molecular flexibility index (Phi) is 7.12. The van der Waals surface area contributed by atoms with E-state index < -0.39 is 0 Å². The van der Waals surface area contributed by atoms with Gasteiger partial charge in [0.1, 0.15) is 5.75 Å². The van der Waals surface area contributed by atoms with Gasteiger partial charge < -0.3 is 17.5 Å². The summed E-state index contributed by atoms with van der Waals surface area (Å²) in [5.74, 6) is 0.338. The molecule has 0 aliphatic rings. The van der Waals surface area contributed by atoms with Crippen molar-refractivity contribution in [3.05, 3.63) is 66.2 Å². The lowest BCUT2D eigenvalue weighted by Crippen LogP contribution is -3.00. The predicted molar refractivity (Wildman–Crippen MR) is 59.3 cm³/mol. The van der Waals surface area contributed by atoms with Crippen molar-refractivity contribution in [2.45, 2.75) is 6.92 Å². The minimum Gasteiger partial charge on any atom is -1.00 e. The Balaban J connectivity index is 0.000000253. The fourth-order valence-electron chi connectivity index (χ4n) is 1.01. The van der Waals surface area contributed by atoms with Crippen LogP contribution in [0.3, 0.4) is 0 Å². The summed E-state index contributed by atoms with van der Waals surface area (Å²) in [5, 5.41) is 8.81. The van der Waals surface area contributed by atoms with Crippen molar-refractivity contribution < 1.29 is 17.5 Å². The number of aromatic hydroxyl groups is 1. The Morgan fingerprint density at radius 3 is 1.53 bits per heavy atom. The van der Waals surface area contributed by atoms with Gasteiger partial charge in [-0.05, 0) is 24.6 Å². The summed E-state index contributed by atoms with van der Waals surface area (Å²) in [6, 6.07) is 19.2. The van der Waals surface area contributed by atoms with Crippen molar-refractivity contribution in [1.82, 2.24) is 0 Å². The van der Waals surface area contributed by atoms with Crippen LogP contribution in [0.25, 0.3) is 0 Å². The first-order valence-corrected chi connectivity index (χ1v) is 4.54. The molecule has 0 radical (unpaired) electrons. The van der Waals surface area contributed by atoms with Gasteiger partial charge in [0.25, 0.3) is 0 Å². The van der Waals surface area contributed by atoms with E-state index in [1.807, 2.05) is 55.5 Å². The number of halogens is 1. The third-order valence-electron chi connectivity index (χ3n) is 1.67. The lowest BCUT2D eigenvalue weighted by molar-refractivity contribution is -0.00000400. The van der Waals surface area contributed by atoms with Gasteiger partial charge in [-0.1, -0.05) is 48.5 Å². The highest BCUT2D eigenvalue weighted by Gasteiger charge is 1.83. The molecule has 2 aromatic carbocycles. The highest BCUT2D eigenvalue weighted by atomic mass is 35.5. The fourth-order valence-corrected chi connectivity index (χ4v) is 1.01. The largest absolute Gasteiger partial charge is 1.00 e. The summed E-state index contributed by atoms with van der Waals surface area (Å²) >= 11 is 0. The van der Waals surface area contributed by atoms with Crippen molar-refractivity contribution in [1.29, 1.82) is 0 Å². The SMILES string of the molecule is Cc1cccc(O)c1.[Cl-].c1ccccc1. The van der Waals surface area contributed by atoms with Crippen molar-refractivity contribution in [3.8, 4) is 5.75 Å². The van der Waals surface area contributed by atoms with Gasteiger partial charge in [0.05, 0.1) is 0 Å². The maximum Gasteiger partial charge on any atom is 0.115 e. The molecule has 80 valence electrons. The molecule has 2 heteroatoms. The van der Waals surface area contributed by atoms with Crippen LogP contribution in [-0.4, -0.2) is 5.11 Å². The molecule has 0 bridgehead atoms. The number of benzene rings is 2. The van der Waals surface area contributed by atoms with Crippen LogP contribution in [-0.2, 0) is 0 Å². The molecule has 0 spiro atoms. The smallest absolute Gasteiger partial charge is 0.115 e. The van der Waals surface area contributed by atoms with Gasteiger partial charge in [-0.3, -0.25) is 0 Å². The average Bonchev–Trinajstić information content (AvgIpc) is 2.21. The quantitative estimate of drug-likeness (QED) is 0.683. The topological polar surface area (TPSA) is 20.2 Å². The van der Waals surface area contributed by atoms with Gasteiger partial charge >= 0.3 is 0 Å². The van der Waals surface area contributed by atoms with Crippen LogP contribution in [0.4, 0.5) is 0 Å². The molecule has 0 heterocycles. The monoisotopic (exact) mass is 221 g/mol. The highest BCUT2D eigenvalue weighted by Crippen LogP contribution is 2.08. The number of rotatable bonds is 0. The summed E-state index contributed by atoms with van der Waals surface area (Å²) in [7, 11) is 0. The summed E-state index contributed by atoms with van der Waals surface area (Å²) < 4.78 is 0. The maximum atomic E-state index is 8.81. The van der Waals surface area contributed by atoms with E-state index in [9.17, 15) is 0 Å². The molecule has 0 aliphatic heterocycles. The Labute approximate surface area is 96.8 Å². The lowest BCUT2D eigenvalue weighted by atomic mass is 10.2. The molecule has 15 heavy (non-hydrogen) atoms. The summed E-state index contributed by atoms with van der Waals surface area (Å²) in [6.07, 6.45) is 0. The van der Waals surface area contributed by atoms with E-state index in [4.69, 9.17) is 5.11 Å². The average molecular weight is 222 g/mol. The third-order valence-corrected chi connectivity index (χ3v) is 1.67. The molecule has 0 aliphatic carbocycles. The molecule has 0 fully saturated rings.